The number of non-ortho nitro benzene ring substituents is 1. The Morgan fingerprint density at radius 3 is 2.84 bits per heavy atom. The van der Waals surface area contributed by atoms with Crippen LogP contribution in [0.2, 0.25) is 0 Å². The summed E-state index contributed by atoms with van der Waals surface area (Å²) in [6, 6.07) is 4.36. The maximum atomic E-state index is 12.6. The third kappa shape index (κ3) is 3.50. The van der Waals surface area contributed by atoms with Gasteiger partial charge in [0.2, 0.25) is 0 Å². The van der Waals surface area contributed by atoms with E-state index in [-0.39, 0.29) is 17.8 Å². The molecule has 3 rings (SSSR count). The lowest BCUT2D eigenvalue weighted by Crippen LogP contribution is -2.40. The number of nitro benzene ring substituents is 1. The molecule has 0 spiro atoms. The number of nitrogens with one attached hydrogen (secondary N) is 1. The number of H-pyrrole nitrogens is 1. The van der Waals surface area contributed by atoms with Gasteiger partial charge in [0.25, 0.3) is 5.69 Å². The standard InChI is InChI=1S/C18H21N3O4/c1-18(2,3)25-17(22)20-9-5-4-6-16(20)14-11-19-15-8-7-12(21(23)24)10-13(14)15/h4,6-8,10-11,16,19H,5,9H2,1-3H3. The first kappa shape index (κ1) is 17.0. The Kier molecular flexibility index (Phi) is 4.24. The quantitative estimate of drug-likeness (QED) is 0.500. The predicted molar refractivity (Wildman–Crippen MR) is 94.4 cm³/mol. The molecule has 1 atom stereocenters. The monoisotopic (exact) mass is 343 g/mol. The van der Waals surface area contributed by atoms with Crippen molar-refractivity contribution >= 4 is 22.7 Å². The average molecular weight is 343 g/mol. The summed E-state index contributed by atoms with van der Waals surface area (Å²) >= 11 is 0. The molecular weight excluding hydrogens is 322 g/mol. The van der Waals surface area contributed by atoms with E-state index in [4.69, 9.17) is 4.74 Å². The van der Waals surface area contributed by atoms with Gasteiger partial charge in [0.05, 0.1) is 11.0 Å². The number of ether oxygens (including phenoxy) is 1. The van der Waals surface area contributed by atoms with E-state index in [1.54, 1.807) is 17.2 Å². The first-order valence-electron chi connectivity index (χ1n) is 8.18. The minimum atomic E-state index is -0.582. The molecule has 7 nitrogen and oxygen atoms in total. The Morgan fingerprint density at radius 1 is 1.40 bits per heavy atom. The van der Waals surface area contributed by atoms with Gasteiger partial charge in [-0.2, -0.15) is 0 Å². The fraction of sp³-hybridized carbons (Fsp3) is 0.389. The van der Waals surface area contributed by atoms with Crippen molar-refractivity contribution in [3.8, 4) is 0 Å². The molecule has 0 fully saturated rings. The van der Waals surface area contributed by atoms with Gasteiger partial charge in [0, 0.05) is 41.3 Å². The fourth-order valence-corrected chi connectivity index (χ4v) is 2.97. The van der Waals surface area contributed by atoms with Crippen molar-refractivity contribution in [1.82, 2.24) is 9.88 Å². The maximum absolute atomic E-state index is 12.6. The largest absolute Gasteiger partial charge is 0.444 e. The molecule has 0 saturated carbocycles. The van der Waals surface area contributed by atoms with Crippen molar-refractivity contribution in [2.24, 2.45) is 0 Å². The third-order valence-corrected chi connectivity index (χ3v) is 4.05. The smallest absolute Gasteiger partial charge is 0.411 e. The molecule has 132 valence electrons. The summed E-state index contributed by atoms with van der Waals surface area (Å²) in [5.41, 5.74) is 1.06. The van der Waals surface area contributed by atoms with E-state index in [1.165, 1.54) is 12.1 Å². The molecule has 0 aliphatic carbocycles. The minimum absolute atomic E-state index is 0.0250. The van der Waals surface area contributed by atoms with E-state index in [2.05, 4.69) is 4.98 Å². The molecule has 7 heteroatoms. The molecule has 1 aliphatic rings. The number of aromatic amines is 1. The second kappa shape index (κ2) is 6.23. The van der Waals surface area contributed by atoms with Gasteiger partial charge in [-0.3, -0.25) is 15.0 Å². The molecule has 2 aromatic rings. The predicted octanol–water partition coefficient (Wildman–Crippen LogP) is 4.31. The van der Waals surface area contributed by atoms with E-state index in [0.29, 0.717) is 6.54 Å². The van der Waals surface area contributed by atoms with Gasteiger partial charge in [-0.15, -0.1) is 0 Å². The first-order valence-corrected chi connectivity index (χ1v) is 8.18. The number of amides is 1. The highest BCUT2D eigenvalue weighted by molar-refractivity contribution is 5.86. The summed E-state index contributed by atoms with van der Waals surface area (Å²) in [5, 5.41) is 11.8. The van der Waals surface area contributed by atoms with Gasteiger partial charge in [-0.1, -0.05) is 12.2 Å². The molecule has 1 aromatic carbocycles. The number of fused-ring (bicyclic) bond motifs is 1. The van der Waals surface area contributed by atoms with Crippen LogP contribution < -0.4 is 0 Å². The van der Waals surface area contributed by atoms with Gasteiger partial charge in [-0.05, 0) is 33.3 Å². The van der Waals surface area contributed by atoms with E-state index in [9.17, 15) is 14.9 Å². The molecule has 0 radical (unpaired) electrons. The van der Waals surface area contributed by atoms with E-state index in [1.807, 2.05) is 32.9 Å². The van der Waals surface area contributed by atoms with Crippen molar-refractivity contribution in [1.29, 1.82) is 0 Å². The number of carbonyl (C=O) groups is 1. The lowest BCUT2D eigenvalue weighted by atomic mass is 10.0. The van der Waals surface area contributed by atoms with Crippen molar-refractivity contribution in [2.45, 2.75) is 38.8 Å². The number of benzene rings is 1. The van der Waals surface area contributed by atoms with Crippen molar-refractivity contribution < 1.29 is 14.5 Å². The topological polar surface area (TPSA) is 88.5 Å². The summed E-state index contributed by atoms with van der Waals surface area (Å²) in [4.78, 5) is 28.0. The molecule has 0 saturated heterocycles. The van der Waals surface area contributed by atoms with Crippen LogP contribution in [0.1, 0.15) is 38.8 Å². The van der Waals surface area contributed by atoms with Crippen molar-refractivity contribution in [3.05, 3.63) is 52.2 Å². The van der Waals surface area contributed by atoms with Crippen LogP contribution in [-0.4, -0.2) is 33.0 Å². The van der Waals surface area contributed by atoms with Gasteiger partial charge in [-0.25, -0.2) is 4.79 Å². The molecule has 1 N–H and O–H groups in total. The van der Waals surface area contributed by atoms with E-state index < -0.39 is 10.5 Å². The van der Waals surface area contributed by atoms with Crippen LogP contribution in [0.25, 0.3) is 10.9 Å². The molecule has 1 unspecified atom stereocenters. The lowest BCUT2D eigenvalue weighted by molar-refractivity contribution is -0.384. The normalized spacial score (nSPS) is 17.7. The third-order valence-electron chi connectivity index (χ3n) is 4.05. The van der Waals surface area contributed by atoms with Crippen LogP contribution >= 0.6 is 0 Å². The first-order chi connectivity index (χ1) is 11.8. The second-order valence-corrected chi connectivity index (χ2v) is 7.07. The second-order valence-electron chi connectivity index (χ2n) is 7.07. The highest BCUT2D eigenvalue weighted by Crippen LogP contribution is 2.34. The van der Waals surface area contributed by atoms with Crippen molar-refractivity contribution in [2.75, 3.05) is 6.54 Å². The number of hydrogen-bond acceptors (Lipinski definition) is 4. The van der Waals surface area contributed by atoms with Crippen LogP contribution in [0.15, 0.2) is 36.5 Å². The SMILES string of the molecule is CC(C)(C)OC(=O)N1CCC=CC1c1c[nH]c2ccc([N+](=O)[O-])cc12. The number of carbonyl (C=O) groups excluding carboxylic acids is 1. The number of hydrogen-bond donors (Lipinski definition) is 1. The Morgan fingerprint density at radius 2 is 2.16 bits per heavy atom. The lowest BCUT2D eigenvalue weighted by Gasteiger charge is -2.34. The zero-order valence-electron chi connectivity index (χ0n) is 14.5. The molecule has 25 heavy (non-hydrogen) atoms. The van der Waals surface area contributed by atoms with E-state index >= 15 is 0 Å². The minimum Gasteiger partial charge on any atom is -0.444 e. The van der Waals surface area contributed by atoms with Crippen molar-refractivity contribution in [3.63, 3.8) is 0 Å². The summed E-state index contributed by atoms with van der Waals surface area (Å²) in [6.45, 7) is 6.02. The molecule has 1 amide bonds. The fourth-order valence-electron chi connectivity index (χ4n) is 2.97. The molecule has 1 aromatic heterocycles. The van der Waals surface area contributed by atoms with Crippen LogP contribution in [0.4, 0.5) is 10.5 Å². The molecule has 0 bridgehead atoms. The van der Waals surface area contributed by atoms with Crippen LogP contribution in [-0.2, 0) is 4.74 Å². The number of aromatic nitrogens is 1. The molecule has 1 aliphatic heterocycles. The van der Waals surface area contributed by atoms with Gasteiger partial charge in [0.1, 0.15) is 5.60 Å². The molecule has 2 heterocycles. The van der Waals surface area contributed by atoms with Crippen LogP contribution in [0.5, 0.6) is 0 Å². The number of nitro groups is 1. The van der Waals surface area contributed by atoms with E-state index in [0.717, 1.165) is 22.9 Å². The number of rotatable bonds is 2. The average Bonchev–Trinajstić information content (AvgIpc) is 2.96. The Hall–Kier alpha value is -2.83. The summed E-state index contributed by atoms with van der Waals surface area (Å²) in [6.07, 6.45) is 6.11. The summed E-state index contributed by atoms with van der Waals surface area (Å²) in [5.74, 6) is 0. The summed E-state index contributed by atoms with van der Waals surface area (Å²) < 4.78 is 5.51. The summed E-state index contributed by atoms with van der Waals surface area (Å²) in [7, 11) is 0. The zero-order valence-corrected chi connectivity index (χ0v) is 14.5. The number of nitrogens with zero attached hydrogens (tertiary/aromatic N) is 2. The highest BCUT2D eigenvalue weighted by atomic mass is 16.6. The Labute approximate surface area is 145 Å². The Balaban J connectivity index is 2.00. The van der Waals surface area contributed by atoms with Crippen LogP contribution in [0, 0.1) is 10.1 Å². The van der Waals surface area contributed by atoms with Crippen LogP contribution in [0.3, 0.4) is 0 Å². The zero-order chi connectivity index (χ0) is 18.2. The van der Waals surface area contributed by atoms with Gasteiger partial charge in [0.15, 0.2) is 0 Å². The van der Waals surface area contributed by atoms with Gasteiger partial charge >= 0.3 is 6.09 Å². The highest BCUT2D eigenvalue weighted by Gasteiger charge is 2.30. The molecular formula is C18H21N3O4. The Bertz CT molecular complexity index is 848. The maximum Gasteiger partial charge on any atom is 0.411 e. The van der Waals surface area contributed by atoms with Gasteiger partial charge < -0.3 is 9.72 Å².